The van der Waals surface area contributed by atoms with Crippen LogP contribution in [-0.4, -0.2) is 263 Å². The number of aliphatic hydroxyl groups excluding tert-OH is 1. The van der Waals surface area contributed by atoms with Crippen LogP contribution in [0, 0.1) is 41.4 Å². The Morgan fingerprint density at radius 2 is 1.03 bits per heavy atom. The first kappa shape index (κ1) is 89.6. The fourth-order valence-corrected chi connectivity index (χ4v) is 12.7. The molecule has 1 saturated heterocycles. The maximum absolute atomic E-state index is 15.6. The number of likely N-dealkylation sites (N-methyl/N-ethyl adjacent to an activating group) is 7. The van der Waals surface area contributed by atoms with E-state index in [1.165, 1.54) is 114 Å². The molecule has 1 aromatic carbocycles. The lowest BCUT2D eigenvalue weighted by atomic mass is 9.91. The van der Waals surface area contributed by atoms with Gasteiger partial charge in [0.2, 0.25) is 65.0 Å². The van der Waals surface area contributed by atoms with E-state index in [4.69, 9.17) is 14.2 Å². The quantitative estimate of drug-likeness (QED) is 0.101. The second kappa shape index (κ2) is 41.2. The van der Waals surface area contributed by atoms with Crippen molar-refractivity contribution in [2.24, 2.45) is 41.4 Å². The first-order valence-electron chi connectivity index (χ1n) is 36.3. The fraction of sp³-hybridized carbons (Fsp3) is 0.693. The summed E-state index contributed by atoms with van der Waals surface area (Å²) in [6, 6.07) is -10.0. The second-order valence-electron chi connectivity index (χ2n) is 30.2. The van der Waals surface area contributed by atoms with Crippen LogP contribution in [0.15, 0.2) is 36.9 Å². The van der Waals surface area contributed by atoms with Gasteiger partial charge in [-0.1, -0.05) is 109 Å². The number of nitrogens with zero attached hydrogens (tertiary/aromatic N) is 9. The lowest BCUT2D eigenvalue weighted by Gasteiger charge is -2.41. The van der Waals surface area contributed by atoms with Crippen molar-refractivity contribution in [2.75, 3.05) is 76.7 Å². The third kappa shape index (κ3) is 24.5. The summed E-state index contributed by atoms with van der Waals surface area (Å²) < 4.78 is 18.7. The number of hydrogen-bond acceptors (Lipinski definition) is 17. The van der Waals surface area contributed by atoms with E-state index in [-0.39, 0.29) is 85.9 Å². The fourth-order valence-electron chi connectivity index (χ4n) is 12.7. The van der Waals surface area contributed by atoms with E-state index in [2.05, 4.69) is 26.3 Å². The number of aromatic nitrogens is 2. The summed E-state index contributed by atoms with van der Waals surface area (Å²) in [7, 11) is 12.6. The van der Waals surface area contributed by atoms with E-state index in [0.29, 0.717) is 12.1 Å². The number of esters is 1. The van der Waals surface area contributed by atoms with E-state index in [1.807, 2.05) is 55.4 Å². The van der Waals surface area contributed by atoms with Crippen LogP contribution < -0.4 is 30.7 Å². The van der Waals surface area contributed by atoms with Crippen molar-refractivity contribution in [1.29, 1.82) is 0 Å². The highest BCUT2D eigenvalue weighted by Gasteiger charge is 2.46. The van der Waals surface area contributed by atoms with Gasteiger partial charge < -0.3 is 79.5 Å². The molecule has 5 N–H and O–H groups in total. The Morgan fingerprint density at radius 3 is 1.51 bits per heavy atom. The first-order valence-corrected chi connectivity index (χ1v) is 36.3. The molecular formula is C75H123N13O16. The molecule has 12 atom stereocenters. The summed E-state index contributed by atoms with van der Waals surface area (Å²) >= 11 is 0. The van der Waals surface area contributed by atoms with Crippen molar-refractivity contribution in [3.05, 3.63) is 48.1 Å². The largest absolute Gasteiger partial charge is 0.496 e. The van der Waals surface area contributed by atoms with Gasteiger partial charge in [0, 0.05) is 61.7 Å². The highest BCUT2D eigenvalue weighted by atomic mass is 16.5. The van der Waals surface area contributed by atoms with Crippen LogP contribution in [0.4, 0.5) is 0 Å². The number of nitrogens with one attached hydrogen (secondary N) is 4. The molecular weight excluding hydrogens is 1340 g/mol. The predicted octanol–water partition coefficient (Wildman–Crippen LogP) is 4.48. The molecule has 3 rings (SSSR count). The summed E-state index contributed by atoms with van der Waals surface area (Å²) in [5.74, 6) is -10.9. The standard InChI is InChI=1S/C75H123N13O16/c1-26-53-70(96)81(17)40-60(89)82(18)54(34-42(2)3)67(93)80-61(46(10)11)73(99)83(19)55(35-43(4)5)66(92)77-49(15)65(91)78-50(16)69(95)84(20)56(36-44(6)7)71(97)85(21)57(37-45(8)9)72(98)86(22)62(47(12)13)74(100)87(23)63(68(94)79-53)64(90)48(14)28-27-29-52-58(102-24)38-51(39-59(52)103-25)75(101)104-33-32-88-31-30-76-41-88/h27,29-31,38-39,41-50,53-57,61-64,90H,26,28,32-37,40H2,1-25H3,(H,77,92)(H,78,91)(H,79,94)(H,80,93)/t48-,49+,50-,53+,54+,55+,56+,57+,61+,62+,63+,64-/m1/s1. The molecule has 1 aliphatic heterocycles. The van der Waals surface area contributed by atoms with Crippen molar-refractivity contribution >= 4 is 77.0 Å². The van der Waals surface area contributed by atoms with Gasteiger partial charge in [0.15, 0.2) is 0 Å². The third-order valence-electron chi connectivity index (χ3n) is 19.0. The Balaban J connectivity index is 2.32. The minimum absolute atomic E-state index is 0.0407. The van der Waals surface area contributed by atoms with Gasteiger partial charge in [0.25, 0.3) is 0 Å². The maximum atomic E-state index is 15.6. The number of aliphatic hydroxyl groups is 1. The van der Waals surface area contributed by atoms with Crippen LogP contribution in [0.25, 0.3) is 6.08 Å². The van der Waals surface area contributed by atoms with Crippen LogP contribution in [0.5, 0.6) is 11.5 Å². The molecule has 0 bridgehead atoms. The number of carbonyl (C=O) groups excluding carboxylic acids is 12. The van der Waals surface area contributed by atoms with Gasteiger partial charge in [0.05, 0.1) is 50.9 Å². The summed E-state index contributed by atoms with van der Waals surface area (Å²) in [5.41, 5.74) is 0.563. The second-order valence-corrected chi connectivity index (χ2v) is 30.2. The summed E-state index contributed by atoms with van der Waals surface area (Å²) in [6.45, 7) is 27.6. The average Bonchev–Trinajstić information content (AvgIpc) is 0.816. The van der Waals surface area contributed by atoms with Crippen LogP contribution in [0.2, 0.25) is 0 Å². The molecule has 29 nitrogen and oxygen atoms in total. The summed E-state index contributed by atoms with van der Waals surface area (Å²) in [4.78, 5) is 188. The van der Waals surface area contributed by atoms with Crippen molar-refractivity contribution < 1.29 is 76.9 Å². The number of rotatable bonds is 22. The molecule has 2 heterocycles. The molecule has 0 spiro atoms. The van der Waals surface area contributed by atoms with Gasteiger partial charge in [-0.3, -0.25) is 52.7 Å². The molecule has 2 aromatic rings. The molecule has 1 aliphatic rings. The smallest absolute Gasteiger partial charge is 0.338 e. The Hall–Kier alpha value is -8.63. The van der Waals surface area contributed by atoms with E-state index in [9.17, 15) is 43.5 Å². The normalized spacial score (nSPS) is 24.0. The number of hydrogen-bond donors (Lipinski definition) is 5. The number of imidazole rings is 1. The monoisotopic (exact) mass is 1460 g/mol. The molecule has 29 heteroatoms. The van der Waals surface area contributed by atoms with Crippen LogP contribution >= 0.6 is 0 Å². The van der Waals surface area contributed by atoms with Gasteiger partial charge in [-0.2, -0.15) is 0 Å². The van der Waals surface area contributed by atoms with Crippen molar-refractivity contribution in [3.63, 3.8) is 0 Å². The van der Waals surface area contributed by atoms with Gasteiger partial charge in [-0.25, -0.2) is 9.78 Å². The number of ether oxygens (including phenoxy) is 3. The van der Waals surface area contributed by atoms with E-state index < -0.39 is 162 Å². The van der Waals surface area contributed by atoms with Gasteiger partial charge in [0.1, 0.15) is 78.5 Å². The van der Waals surface area contributed by atoms with Crippen LogP contribution in [-0.2, 0) is 64.0 Å². The molecule has 0 radical (unpaired) electrons. The Morgan fingerprint density at radius 1 is 0.558 bits per heavy atom. The highest BCUT2D eigenvalue weighted by molar-refractivity contribution is 6.00. The molecule has 584 valence electrons. The first-order chi connectivity index (χ1) is 48.5. The Kier molecular flexibility index (Phi) is 35.5. The van der Waals surface area contributed by atoms with Gasteiger partial charge >= 0.3 is 5.97 Å². The van der Waals surface area contributed by atoms with Crippen molar-refractivity contribution in [1.82, 2.24) is 65.1 Å². The van der Waals surface area contributed by atoms with Crippen molar-refractivity contribution in [3.8, 4) is 11.5 Å². The average molecular weight is 1460 g/mol. The number of carbonyl (C=O) groups is 12. The van der Waals surface area contributed by atoms with Gasteiger partial charge in [-0.05, 0) is 106 Å². The van der Waals surface area contributed by atoms with Crippen molar-refractivity contribution in [2.45, 2.75) is 222 Å². The summed E-state index contributed by atoms with van der Waals surface area (Å²) in [6.07, 6.45) is 7.04. The van der Waals surface area contributed by atoms with E-state index in [1.54, 1.807) is 77.0 Å². The van der Waals surface area contributed by atoms with Crippen LogP contribution in [0.3, 0.4) is 0 Å². The lowest BCUT2D eigenvalue weighted by molar-refractivity contribution is -0.157. The Labute approximate surface area is 616 Å². The van der Waals surface area contributed by atoms with Crippen LogP contribution in [0.1, 0.15) is 165 Å². The topological polar surface area (TPSA) is 341 Å². The predicted molar refractivity (Wildman–Crippen MR) is 395 cm³/mol. The Bertz CT molecular complexity index is 3260. The summed E-state index contributed by atoms with van der Waals surface area (Å²) in [5, 5.41) is 23.7. The molecule has 104 heavy (non-hydrogen) atoms. The minimum Gasteiger partial charge on any atom is -0.496 e. The zero-order valence-corrected chi connectivity index (χ0v) is 66.4. The number of benzene rings is 1. The lowest BCUT2D eigenvalue weighted by Crippen LogP contribution is -2.63. The molecule has 0 aliphatic carbocycles. The van der Waals surface area contributed by atoms with E-state index >= 15 is 19.2 Å². The van der Waals surface area contributed by atoms with E-state index in [0.717, 1.165) is 9.80 Å². The number of amides is 11. The molecule has 1 aromatic heterocycles. The highest BCUT2D eigenvalue weighted by Crippen LogP contribution is 2.34. The SMILES string of the molecule is CC[C@@H]1NC(=O)[C@H]([C@H](O)[C@H](C)CC=Cc2c(OC)cc(C(=O)OCCn3ccnc3)cc2OC)N(C)C(=O)[C@H](C(C)C)N(C)C(=O)[C@H](CC(C)C)N(C)C(=O)[C@H](CC(C)C)N(C)C(=O)[C@@H](C)NC(=O)[C@H](C)NC(=O)[C@H](CC(C)C)N(C)C(=O)[C@H](C(C)C)NC(=O)[C@H](CC(C)C)N(C)C(=O)CN(C)C1=O. The zero-order valence-electron chi connectivity index (χ0n) is 66.4. The molecule has 1 fully saturated rings. The zero-order chi connectivity index (χ0) is 79.2. The molecule has 0 saturated carbocycles. The molecule has 11 amide bonds. The maximum Gasteiger partial charge on any atom is 0.338 e. The minimum atomic E-state index is -1.78. The number of allylic oxidation sites excluding steroid dienone is 1. The molecule has 0 unspecified atom stereocenters. The number of methoxy groups -OCH3 is 2. The van der Waals surface area contributed by atoms with Gasteiger partial charge in [-0.15, -0.1) is 0 Å². The third-order valence-corrected chi connectivity index (χ3v) is 19.0.